The van der Waals surface area contributed by atoms with E-state index in [0.717, 1.165) is 5.56 Å². The third kappa shape index (κ3) is 6.66. The van der Waals surface area contributed by atoms with E-state index in [9.17, 15) is 14.4 Å². The number of likely N-dealkylation sites (tertiary alicyclic amines) is 1. The van der Waals surface area contributed by atoms with Gasteiger partial charge in [0, 0.05) is 6.54 Å². The Labute approximate surface area is 171 Å². The first-order valence-corrected chi connectivity index (χ1v) is 9.80. The van der Waals surface area contributed by atoms with E-state index in [1.165, 1.54) is 4.90 Å². The van der Waals surface area contributed by atoms with Crippen LogP contribution in [0.3, 0.4) is 0 Å². The standard InChI is InChI=1S/C21H30N2O6/c1-5-27-17(24)14-21(22-18(25)29-20(2,3)4)12-9-13-23(21)19(26)28-15-16-10-7-6-8-11-16/h6-8,10-11H,5,9,12-15H2,1-4H3,(H,22,25). The molecule has 1 heterocycles. The maximum atomic E-state index is 12.8. The summed E-state index contributed by atoms with van der Waals surface area (Å²) in [5.74, 6) is -0.508. The first kappa shape index (κ1) is 22.5. The third-order valence-electron chi connectivity index (χ3n) is 4.39. The molecule has 0 bridgehead atoms. The molecule has 0 aromatic heterocycles. The molecule has 1 fully saturated rings. The van der Waals surface area contributed by atoms with Crippen molar-refractivity contribution in [3.8, 4) is 0 Å². The van der Waals surface area contributed by atoms with E-state index in [1.807, 2.05) is 30.3 Å². The number of benzene rings is 1. The first-order chi connectivity index (χ1) is 13.6. The molecular formula is C21H30N2O6. The van der Waals surface area contributed by atoms with E-state index in [-0.39, 0.29) is 19.6 Å². The molecule has 0 aliphatic carbocycles. The molecular weight excluding hydrogens is 376 g/mol. The minimum atomic E-state index is -1.25. The summed E-state index contributed by atoms with van der Waals surface area (Å²) in [5, 5.41) is 2.73. The zero-order valence-electron chi connectivity index (χ0n) is 17.5. The summed E-state index contributed by atoms with van der Waals surface area (Å²) >= 11 is 0. The van der Waals surface area contributed by atoms with Gasteiger partial charge in [0.25, 0.3) is 0 Å². The zero-order valence-corrected chi connectivity index (χ0v) is 17.5. The highest BCUT2D eigenvalue weighted by atomic mass is 16.6. The van der Waals surface area contributed by atoms with E-state index in [4.69, 9.17) is 14.2 Å². The number of alkyl carbamates (subject to hydrolysis) is 1. The number of hydrogen-bond acceptors (Lipinski definition) is 6. The van der Waals surface area contributed by atoms with Gasteiger partial charge in [-0.05, 0) is 46.1 Å². The smallest absolute Gasteiger partial charge is 0.411 e. The Morgan fingerprint density at radius 2 is 1.83 bits per heavy atom. The van der Waals surface area contributed by atoms with Gasteiger partial charge in [-0.2, -0.15) is 0 Å². The first-order valence-electron chi connectivity index (χ1n) is 9.80. The molecule has 1 aromatic rings. The van der Waals surface area contributed by atoms with Crippen molar-refractivity contribution in [2.75, 3.05) is 13.2 Å². The fourth-order valence-electron chi connectivity index (χ4n) is 3.24. The van der Waals surface area contributed by atoms with E-state index in [0.29, 0.717) is 19.4 Å². The highest BCUT2D eigenvalue weighted by molar-refractivity contribution is 5.77. The van der Waals surface area contributed by atoms with Crippen molar-refractivity contribution < 1.29 is 28.6 Å². The van der Waals surface area contributed by atoms with E-state index >= 15 is 0 Å². The molecule has 2 rings (SSSR count). The molecule has 1 saturated heterocycles. The van der Waals surface area contributed by atoms with Crippen molar-refractivity contribution >= 4 is 18.2 Å². The van der Waals surface area contributed by atoms with Gasteiger partial charge in [0.05, 0.1) is 13.0 Å². The SMILES string of the molecule is CCOC(=O)CC1(NC(=O)OC(C)(C)C)CCCN1C(=O)OCc1ccccc1. The highest BCUT2D eigenvalue weighted by Gasteiger charge is 2.48. The number of nitrogens with zero attached hydrogens (tertiary/aromatic N) is 1. The minimum absolute atomic E-state index is 0.0953. The molecule has 1 unspecified atom stereocenters. The van der Waals surface area contributed by atoms with Crippen LogP contribution in [0, 0.1) is 0 Å². The van der Waals surface area contributed by atoms with Crippen molar-refractivity contribution in [1.29, 1.82) is 0 Å². The maximum absolute atomic E-state index is 12.8. The van der Waals surface area contributed by atoms with Gasteiger partial charge < -0.3 is 14.2 Å². The lowest BCUT2D eigenvalue weighted by molar-refractivity contribution is -0.146. The zero-order chi connectivity index (χ0) is 21.5. The normalized spacial score (nSPS) is 18.8. The number of hydrogen-bond donors (Lipinski definition) is 1. The second-order valence-electron chi connectivity index (χ2n) is 7.94. The predicted octanol–water partition coefficient (Wildman–Crippen LogP) is 3.59. The van der Waals surface area contributed by atoms with Crippen molar-refractivity contribution in [3.05, 3.63) is 35.9 Å². The molecule has 1 atom stereocenters. The van der Waals surface area contributed by atoms with Crippen LogP contribution in [-0.4, -0.2) is 47.5 Å². The Kier molecular flexibility index (Phi) is 7.47. The fraction of sp³-hybridized carbons (Fsp3) is 0.571. The molecule has 1 aliphatic heterocycles. The number of carbonyl (C=O) groups excluding carboxylic acids is 3. The molecule has 0 saturated carbocycles. The topological polar surface area (TPSA) is 94.2 Å². The Morgan fingerprint density at radius 3 is 2.45 bits per heavy atom. The van der Waals surface area contributed by atoms with Gasteiger partial charge in [0.2, 0.25) is 0 Å². The van der Waals surface area contributed by atoms with Crippen LogP contribution in [0.15, 0.2) is 30.3 Å². The molecule has 8 nitrogen and oxygen atoms in total. The lowest BCUT2D eigenvalue weighted by Crippen LogP contribution is -2.60. The largest absolute Gasteiger partial charge is 0.466 e. The minimum Gasteiger partial charge on any atom is -0.466 e. The van der Waals surface area contributed by atoms with Crippen LogP contribution in [0.2, 0.25) is 0 Å². The summed E-state index contributed by atoms with van der Waals surface area (Å²) in [6.07, 6.45) is -0.488. The molecule has 2 amide bonds. The summed E-state index contributed by atoms with van der Waals surface area (Å²) in [4.78, 5) is 38.9. The van der Waals surface area contributed by atoms with Crippen LogP contribution in [0.5, 0.6) is 0 Å². The molecule has 0 spiro atoms. The number of amides is 2. The molecule has 1 aliphatic rings. The number of rotatable bonds is 6. The number of nitrogens with one attached hydrogen (secondary N) is 1. The quantitative estimate of drug-likeness (QED) is 0.573. The Hall–Kier alpha value is -2.77. The second kappa shape index (κ2) is 9.62. The summed E-state index contributed by atoms with van der Waals surface area (Å²) in [6.45, 7) is 7.58. The van der Waals surface area contributed by atoms with E-state index < -0.39 is 29.4 Å². The average Bonchev–Trinajstić information content (AvgIpc) is 3.01. The van der Waals surface area contributed by atoms with Gasteiger partial charge in [-0.3, -0.25) is 15.0 Å². The van der Waals surface area contributed by atoms with E-state index in [1.54, 1.807) is 27.7 Å². The van der Waals surface area contributed by atoms with Crippen molar-refractivity contribution in [3.63, 3.8) is 0 Å². The molecule has 1 N–H and O–H groups in total. The van der Waals surface area contributed by atoms with Gasteiger partial charge in [-0.1, -0.05) is 30.3 Å². The average molecular weight is 406 g/mol. The van der Waals surface area contributed by atoms with Crippen LogP contribution in [0.1, 0.15) is 52.5 Å². The van der Waals surface area contributed by atoms with Crippen LogP contribution in [0.4, 0.5) is 9.59 Å². The fourth-order valence-corrected chi connectivity index (χ4v) is 3.24. The van der Waals surface area contributed by atoms with Gasteiger partial charge in [-0.15, -0.1) is 0 Å². The molecule has 8 heteroatoms. The van der Waals surface area contributed by atoms with Crippen LogP contribution < -0.4 is 5.32 Å². The molecule has 0 radical (unpaired) electrons. The number of ether oxygens (including phenoxy) is 3. The van der Waals surface area contributed by atoms with Crippen LogP contribution >= 0.6 is 0 Å². The molecule has 1 aromatic carbocycles. The van der Waals surface area contributed by atoms with Crippen molar-refractivity contribution in [2.45, 2.75) is 64.8 Å². The van der Waals surface area contributed by atoms with Crippen molar-refractivity contribution in [1.82, 2.24) is 10.2 Å². The van der Waals surface area contributed by atoms with Crippen LogP contribution in [-0.2, 0) is 25.6 Å². The van der Waals surface area contributed by atoms with Crippen molar-refractivity contribution in [2.24, 2.45) is 0 Å². The van der Waals surface area contributed by atoms with E-state index in [2.05, 4.69) is 5.32 Å². The lowest BCUT2D eigenvalue weighted by Gasteiger charge is -2.38. The summed E-state index contributed by atoms with van der Waals surface area (Å²) in [5.41, 5.74) is -1.12. The summed E-state index contributed by atoms with van der Waals surface area (Å²) in [7, 11) is 0. The maximum Gasteiger partial charge on any atom is 0.411 e. The number of carbonyl (C=O) groups is 3. The summed E-state index contributed by atoms with van der Waals surface area (Å²) < 4.78 is 15.8. The highest BCUT2D eigenvalue weighted by Crippen LogP contribution is 2.32. The predicted molar refractivity (Wildman–Crippen MR) is 106 cm³/mol. The summed E-state index contributed by atoms with van der Waals surface area (Å²) in [6, 6.07) is 9.29. The number of esters is 1. The Balaban J connectivity index is 2.16. The van der Waals surface area contributed by atoms with Crippen LogP contribution in [0.25, 0.3) is 0 Å². The van der Waals surface area contributed by atoms with Gasteiger partial charge in [0.1, 0.15) is 17.9 Å². The molecule has 160 valence electrons. The Bertz CT molecular complexity index is 716. The van der Waals surface area contributed by atoms with Gasteiger partial charge in [0.15, 0.2) is 0 Å². The monoisotopic (exact) mass is 406 g/mol. The molecule has 29 heavy (non-hydrogen) atoms. The Morgan fingerprint density at radius 1 is 1.14 bits per heavy atom. The lowest BCUT2D eigenvalue weighted by atomic mass is 10.0. The third-order valence-corrected chi connectivity index (χ3v) is 4.39. The van der Waals surface area contributed by atoms with Gasteiger partial charge >= 0.3 is 18.2 Å². The van der Waals surface area contributed by atoms with Gasteiger partial charge in [-0.25, -0.2) is 9.59 Å². The second-order valence-corrected chi connectivity index (χ2v) is 7.94.